The van der Waals surface area contributed by atoms with Gasteiger partial charge in [-0.05, 0) is 18.2 Å². The molecule has 16 heavy (non-hydrogen) atoms. The fourth-order valence-corrected chi connectivity index (χ4v) is 1.89. The summed E-state index contributed by atoms with van der Waals surface area (Å²) < 4.78 is 13.0. The summed E-state index contributed by atoms with van der Waals surface area (Å²) in [5, 5.41) is 0.747. The first-order valence-electron chi connectivity index (χ1n) is 4.35. The maximum atomic E-state index is 13.0. The molecule has 0 spiro atoms. The van der Waals surface area contributed by atoms with E-state index >= 15 is 0 Å². The molecule has 1 aromatic carbocycles. The molecule has 2 rings (SSSR count). The Morgan fingerprint density at radius 2 is 1.75 bits per heavy atom. The van der Waals surface area contributed by atoms with Crippen LogP contribution in [0.25, 0.3) is 11.3 Å². The molecule has 1 aromatic heterocycles. The highest BCUT2D eigenvalue weighted by atomic mass is 35.5. The zero-order valence-electron chi connectivity index (χ0n) is 7.85. The Morgan fingerprint density at radius 1 is 1.00 bits per heavy atom. The van der Waals surface area contributed by atoms with Gasteiger partial charge in [0.1, 0.15) is 11.0 Å². The average Bonchev–Trinajstić information content (AvgIpc) is 2.23. The maximum absolute atomic E-state index is 13.0. The molecular weight excluding hydrogens is 271 g/mol. The second-order valence-corrected chi connectivity index (χ2v) is 4.27. The van der Waals surface area contributed by atoms with Crippen molar-refractivity contribution in [3.8, 4) is 11.3 Å². The lowest BCUT2D eigenvalue weighted by molar-refractivity contribution is 0.628. The van der Waals surface area contributed by atoms with E-state index in [0.29, 0.717) is 16.3 Å². The molecule has 0 N–H and O–H groups in total. The molecule has 0 unspecified atom stereocenters. The molecule has 0 bridgehead atoms. The molecule has 0 atom stereocenters. The van der Waals surface area contributed by atoms with Crippen molar-refractivity contribution in [3.63, 3.8) is 0 Å². The molecule has 5 heteroatoms. The smallest absolute Gasteiger partial charge is 0.148 e. The fourth-order valence-electron chi connectivity index (χ4n) is 1.28. The highest BCUT2D eigenvalue weighted by molar-refractivity contribution is 6.42. The summed E-state index contributed by atoms with van der Waals surface area (Å²) >= 11 is 17.5. The van der Waals surface area contributed by atoms with Crippen molar-refractivity contribution >= 4 is 34.8 Å². The van der Waals surface area contributed by atoms with E-state index in [4.69, 9.17) is 34.8 Å². The first kappa shape index (κ1) is 11.6. The lowest BCUT2D eigenvalue weighted by Gasteiger charge is -2.05. The first-order valence-corrected chi connectivity index (χ1v) is 5.49. The van der Waals surface area contributed by atoms with Gasteiger partial charge in [-0.1, -0.05) is 46.9 Å². The van der Waals surface area contributed by atoms with E-state index in [9.17, 15) is 4.39 Å². The van der Waals surface area contributed by atoms with Crippen LogP contribution in [0.3, 0.4) is 0 Å². The van der Waals surface area contributed by atoms with Crippen LogP contribution in [-0.2, 0) is 0 Å². The van der Waals surface area contributed by atoms with Crippen molar-refractivity contribution in [1.82, 2.24) is 4.98 Å². The van der Waals surface area contributed by atoms with Crippen LogP contribution in [0.4, 0.5) is 4.39 Å². The zero-order valence-corrected chi connectivity index (χ0v) is 10.1. The van der Waals surface area contributed by atoms with Gasteiger partial charge in [-0.25, -0.2) is 9.37 Å². The van der Waals surface area contributed by atoms with Gasteiger partial charge in [0.05, 0.1) is 15.7 Å². The van der Waals surface area contributed by atoms with Crippen LogP contribution < -0.4 is 0 Å². The number of halogens is 4. The summed E-state index contributed by atoms with van der Waals surface area (Å²) in [4.78, 5) is 4.02. The number of hydrogen-bond acceptors (Lipinski definition) is 1. The largest absolute Gasteiger partial charge is 0.233 e. The van der Waals surface area contributed by atoms with Gasteiger partial charge in [-0.3, -0.25) is 0 Å². The molecule has 0 aliphatic rings. The van der Waals surface area contributed by atoms with Crippen molar-refractivity contribution in [1.29, 1.82) is 0 Å². The van der Waals surface area contributed by atoms with Crippen molar-refractivity contribution in [2.24, 2.45) is 0 Å². The van der Waals surface area contributed by atoms with Crippen molar-refractivity contribution < 1.29 is 4.39 Å². The Kier molecular flexibility index (Phi) is 3.33. The van der Waals surface area contributed by atoms with Gasteiger partial charge < -0.3 is 0 Å². The zero-order chi connectivity index (χ0) is 11.7. The molecule has 0 saturated heterocycles. The lowest BCUT2D eigenvalue weighted by atomic mass is 10.1. The highest BCUT2D eigenvalue weighted by Gasteiger charge is 2.10. The van der Waals surface area contributed by atoms with Crippen LogP contribution in [0, 0.1) is 5.82 Å². The molecule has 0 fully saturated rings. The molecule has 82 valence electrons. The normalized spacial score (nSPS) is 10.5. The summed E-state index contributed by atoms with van der Waals surface area (Å²) in [7, 11) is 0. The summed E-state index contributed by atoms with van der Waals surface area (Å²) in [6.07, 6.45) is 0. The Balaban J connectivity index is 2.60. The van der Waals surface area contributed by atoms with Gasteiger partial charge >= 0.3 is 0 Å². The Bertz CT molecular complexity index is 543. The summed E-state index contributed by atoms with van der Waals surface area (Å²) in [5.74, 6) is -0.360. The number of benzene rings is 1. The van der Waals surface area contributed by atoms with Crippen molar-refractivity contribution in [3.05, 3.63) is 51.3 Å². The minimum atomic E-state index is -0.360. The topological polar surface area (TPSA) is 12.9 Å². The number of aromatic nitrogens is 1. The molecule has 0 aliphatic heterocycles. The predicted octanol–water partition coefficient (Wildman–Crippen LogP) is 4.85. The van der Waals surface area contributed by atoms with E-state index in [-0.39, 0.29) is 16.0 Å². The number of hydrogen-bond donors (Lipinski definition) is 0. The molecule has 0 amide bonds. The number of rotatable bonds is 1. The van der Waals surface area contributed by atoms with E-state index in [1.165, 1.54) is 18.2 Å². The lowest BCUT2D eigenvalue weighted by Crippen LogP contribution is -1.88. The van der Waals surface area contributed by atoms with E-state index in [0.717, 1.165) is 0 Å². The molecule has 0 saturated carbocycles. The molecular formula is C11H5Cl3FN. The number of pyridine rings is 1. The van der Waals surface area contributed by atoms with Crippen LogP contribution >= 0.6 is 34.8 Å². The van der Waals surface area contributed by atoms with Crippen molar-refractivity contribution in [2.45, 2.75) is 0 Å². The highest BCUT2D eigenvalue weighted by Crippen LogP contribution is 2.32. The van der Waals surface area contributed by atoms with E-state index < -0.39 is 0 Å². The van der Waals surface area contributed by atoms with E-state index in [1.54, 1.807) is 12.1 Å². The minimum Gasteiger partial charge on any atom is -0.233 e. The quantitative estimate of drug-likeness (QED) is 0.679. The van der Waals surface area contributed by atoms with Gasteiger partial charge in [-0.15, -0.1) is 0 Å². The second-order valence-electron chi connectivity index (χ2n) is 3.10. The Labute approximate surface area is 107 Å². The van der Waals surface area contributed by atoms with Crippen molar-refractivity contribution in [2.75, 3.05) is 0 Å². The van der Waals surface area contributed by atoms with Gasteiger partial charge in [0.2, 0.25) is 0 Å². The summed E-state index contributed by atoms with van der Waals surface area (Å²) in [5.41, 5.74) is 0.971. The van der Waals surface area contributed by atoms with Crippen LogP contribution in [0.5, 0.6) is 0 Å². The van der Waals surface area contributed by atoms with Crippen LogP contribution in [-0.4, -0.2) is 4.98 Å². The minimum absolute atomic E-state index is 0.144. The third kappa shape index (κ3) is 2.29. The van der Waals surface area contributed by atoms with Crippen LogP contribution in [0.2, 0.25) is 15.2 Å². The summed E-state index contributed by atoms with van der Waals surface area (Å²) in [6.45, 7) is 0. The molecule has 0 aliphatic carbocycles. The average molecular weight is 277 g/mol. The molecule has 1 nitrogen and oxygen atoms in total. The predicted molar refractivity (Wildman–Crippen MR) is 64.7 cm³/mol. The maximum Gasteiger partial charge on any atom is 0.148 e. The Hall–Kier alpha value is -0.830. The fraction of sp³-hybridized carbons (Fsp3) is 0. The van der Waals surface area contributed by atoms with Crippen LogP contribution in [0.1, 0.15) is 0 Å². The standard InChI is InChI=1S/C11H5Cl3FN/c12-8-5-9(13)11(14)16-10(8)6-2-1-3-7(15)4-6/h1-5H. The second kappa shape index (κ2) is 4.58. The SMILES string of the molecule is Fc1cccc(-c2nc(Cl)c(Cl)cc2Cl)c1. The van der Waals surface area contributed by atoms with Gasteiger partial charge in [0, 0.05) is 5.56 Å². The van der Waals surface area contributed by atoms with Crippen LogP contribution in [0.15, 0.2) is 30.3 Å². The monoisotopic (exact) mass is 275 g/mol. The third-order valence-electron chi connectivity index (χ3n) is 1.98. The first-order chi connectivity index (χ1) is 7.58. The molecule has 0 radical (unpaired) electrons. The van der Waals surface area contributed by atoms with Gasteiger partial charge in [0.15, 0.2) is 0 Å². The number of nitrogens with zero attached hydrogens (tertiary/aromatic N) is 1. The molecule has 1 heterocycles. The Morgan fingerprint density at radius 3 is 2.44 bits per heavy atom. The van der Waals surface area contributed by atoms with Gasteiger partial charge in [-0.2, -0.15) is 0 Å². The third-order valence-corrected chi connectivity index (χ3v) is 2.95. The van der Waals surface area contributed by atoms with Gasteiger partial charge in [0.25, 0.3) is 0 Å². The summed E-state index contributed by atoms with van der Waals surface area (Å²) in [6, 6.07) is 7.43. The van der Waals surface area contributed by atoms with E-state index in [1.807, 2.05) is 0 Å². The van der Waals surface area contributed by atoms with E-state index in [2.05, 4.69) is 4.98 Å². The molecule has 2 aromatic rings.